The topological polar surface area (TPSA) is 20.2 Å². The Morgan fingerprint density at radius 3 is 2.26 bits per heavy atom. The van der Waals surface area contributed by atoms with Gasteiger partial charge in [-0.05, 0) is 41.2 Å². The van der Waals surface area contributed by atoms with Crippen LogP contribution in [0, 0.1) is 5.92 Å². The fourth-order valence-corrected chi connectivity index (χ4v) is 2.43. The first-order valence-electron chi connectivity index (χ1n) is 6.58. The van der Waals surface area contributed by atoms with Crippen molar-refractivity contribution in [2.24, 2.45) is 5.92 Å². The Hall–Kier alpha value is -1.31. The van der Waals surface area contributed by atoms with Crippen LogP contribution in [-0.2, 0) is 6.42 Å². The molecule has 0 aliphatic rings. The zero-order valence-corrected chi connectivity index (χ0v) is 12.1. The van der Waals surface area contributed by atoms with Crippen molar-refractivity contribution in [3.8, 4) is 0 Å². The number of aliphatic hydroxyl groups excluding tert-OH is 1. The number of rotatable bonds is 4. The molecule has 0 spiro atoms. The van der Waals surface area contributed by atoms with E-state index >= 15 is 0 Å². The van der Waals surface area contributed by atoms with Gasteiger partial charge in [0, 0.05) is 5.02 Å². The molecular weight excluding hydrogens is 256 g/mol. The van der Waals surface area contributed by atoms with Crippen LogP contribution >= 0.6 is 11.6 Å². The third kappa shape index (κ3) is 3.82. The van der Waals surface area contributed by atoms with Crippen molar-refractivity contribution in [1.82, 2.24) is 0 Å². The Labute approximate surface area is 119 Å². The van der Waals surface area contributed by atoms with E-state index < -0.39 is 6.10 Å². The number of halogens is 1. The molecule has 0 amide bonds. The first-order chi connectivity index (χ1) is 9.06. The van der Waals surface area contributed by atoms with Crippen LogP contribution in [0.5, 0.6) is 0 Å². The minimum atomic E-state index is -0.620. The molecule has 0 saturated heterocycles. The van der Waals surface area contributed by atoms with E-state index in [-0.39, 0.29) is 0 Å². The summed E-state index contributed by atoms with van der Waals surface area (Å²) in [6.07, 6.45) is 0.404. The summed E-state index contributed by atoms with van der Waals surface area (Å²) in [4.78, 5) is 0. The third-order valence-electron chi connectivity index (χ3n) is 3.08. The van der Waals surface area contributed by atoms with Gasteiger partial charge in [-0.25, -0.2) is 0 Å². The third-order valence-corrected chi connectivity index (χ3v) is 3.31. The van der Waals surface area contributed by atoms with Crippen molar-refractivity contribution >= 4 is 11.6 Å². The second-order valence-electron chi connectivity index (χ2n) is 5.30. The normalized spacial score (nSPS) is 12.7. The highest BCUT2D eigenvalue weighted by atomic mass is 35.5. The molecule has 0 bridgehead atoms. The summed E-state index contributed by atoms with van der Waals surface area (Å²) in [5.41, 5.74) is 3.00. The summed E-state index contributed by atoms with van der Waals surface area (Å²) in [5, 5.41) is 11.1. The zero-order chi connectivity index (χ0) is 13.8. The highest BCUT2D eigenvalue weighted by Crippen LogP contribution is 2.25. The molecule has 1 atom stereocenters. The first kappa shape index (κ1) is 14.1. The van der Waals surface area contributed by atoms with Gasteiger partial charge < -0.3 is 5.11 Å². The average Bonchev–Trinajstić information content (AvgIpc) is 2.37. The maximum Gasteiger partial charge on any atom is 0.104 e. The number of benzene rings is 2. The Morgan fingerprint density at radius 2 is 1.63 bits per heavy atom. The number of aliphatic hydroxyl groups is 1. The lowest BCUT2D eigenvalue weighted by atomic mass is 9.96. The molecule has 0 heterocycles. The van der Waals surface area contributed by atoms with Gasteiger partial charge in [0.2, 0.25) is 0 Å². The minimum Gasteiger partial charge on any atom is -0.384 e. The van der Waals surface area contributed by atoms with Crippen molar-refractivity contribution in [1.29, 1.82) is 0 Å². The predicted molar refractivity (Wildman–Crippen MR) is 80.5 cm³/mol. The van der Waals surface area contributed by atoms with Crippen molar-refractivity contribution in [3.63, 3.8) is 0 Å². The van der Waals surface area contributed by atoms with Gasteiger partial charge in [-0.15, -0.1) is 0 Å². The van der Waals surface area contributed by atoms with Crippen LogP contribution in [0.4, 0.5) is 0 Å². The van der Waals surface area contributed by atoms with Crippen molar-refractivity contribution in [3.05, 3.63) is 70.2 Å². The van der Waals surface area contributed by atoms with Gasteiger partial charge in [0.1, 0.15) is 6.10 Å². The van der Waals surface area contributed by atoms with Gasteiger partial charge in [0.25, 0.3) is 0 Å². The second-order valence-corrected chi connectivity index (χ2v) is 5.74. The molecule has 0 aliphatic carbocycles. The van der Waals surface area contributed by atoms with Gasteiger partial charge in [-0.3, -0.25) is 0 Å². The molecule has 2 aromatic carbocycles. The van der Waals surface area contributed by atoms with E-state index in [1.807, 2.05) is 30.3 Å². The number of hydrogen-bond acceptors (Lipinski definition) is 1. The van der Waals surface area contributed by atoms with Crippen molar-refractivity contribution in [2.75, 3.05) is 0 Å². The molecule has 0 fully saturated rings. The summed E-state index contributed by atoms with van der Waals surface area (Å²) in [6.45, 7) is 4.39. The van der Waals surface area contributed by atoms with Crippen LogP contribution in [0.1, 0.15) is 36.6 Å². The SMILES string of the molecule is CC(C)Cc1cccc(C(O)c2cccc(Cl)c2)c1. The highest BCUT2D eigenvalue weighted by Gasteiger charge is 2.11. The van der Waals surface area contributed by atoms with Crippen LogP contribution in [-0.4, -0.2) is 5.11 Å². The molecule has 100 valence electrons. The van der Waals surface area contributed by atoms with E-state index in [9.17, 15) is 5.11 Å². The molecule has 2 aromatic rings. The van der Waals surface area contributed by atoms with Gasteiger partial charge in [0.15, 0.2) is 0 Å². The zero-order valence-electron chi connectivity index (χ0n) is 11.3. The van der Waals surface area contributed by atoms with Crippen molar-refractivity contribution < 1.29 is 5.11 Å². The summed E-state index contributed by atoms with van der Waals surface area (Å²) in [5.74, 6) is 0.610. The maximum atomic E-state index is 10.4. The van der Waals surface area contributed by atoms with E-state index in [1.165, 1.54) is 5.56 Å². The molecule has 1 nitrogen and oxygen atoms in total. The molecule has 0 aliphatic heterocycles. The van der Waals surface area contributed by atoms with E-state index in [0.29, 0.717) is 10.9 Å². The van der Waals surface area contributed by atoms with Gasteiger partial charge >= 0.3 is 0 Å². The lowest BCUT2D eigenvalue weighted by Gasteiger charge is -2.14. The van der Waals surface area contributed by atoms with Crippen molar-refractivity contribution in [2.45, 2.75) is 26.4 Å². The second kappa shape index (κ2) is 6.23. The van der Waals surface area contributed by atoms with E-state index in [4.69, 9.17) is 11.6 Å². The molecular formula is C17H19ClO. The molecule has 1 N–H and O–H groups in total. The Kier molecular flexibility index (Phi) is 4.62. The van der Waals surface area contributed by atoms with Crippen LogP contribution in [0.15, 0.2) is 48.5 Å². The van der Waals surface area contributed by atoms with Crippen LogP contribution in [0.2, 0.25) is 5.02 Å². The van der Waals surface area contributed by atoms with Crippen LogP contribution in [0.25, 0.3) is 0 Å². The average molecular weight is 275 g/mol. The lowest BCUT2D eigenvalue weighted by Crippen LogP contribution is -2.01. The molecule has 0 saturated carbocycles. The van der Waals surface area contributed by atoms with Gasteiger partial charge in [0.05, 0.1) is 0 Å². The fraction of sp³-hybridized carbons (Fsp3) is 0.294. The Morgan fingerprint density at radius 1 is 1.00 bits per heavy atom. The summed E-state index contributed by atoms with van der Waals surface area (Å²) in [6, 6.07) is 15.5. The Bertz CT molecular complexity index is 548. The highest BCUT2D eigenvalue weighted by molar-refractivity contribution is 6.30. The molecule has 0 aromatic heterocycles. The van der Waals surface area contributed by atoms with Crippen LogP contribution in [0.3, 0.4) is 0 Å². The smallest absolute Gasteiger partial charge is 0.104 e. The largest absolute Gasteiger partial charge is 0.384 e. The van der Waals surface area contributed by atoms with Gasteiger partial charge in [-0.1, -0.05) is 61.8 Å². The number of hydrogen-bond donors (Lipinski definition) is 1. The monoisotopic (exact) mass is 274 g/mol. The Balaban J connectivity index is 2.26. The quantitative estimate of drug-likeness (QED) is 0.862. The minimum absolute atomic E-state index is 0.610. The molecule has 1 unspecified atom stereocenters. The van der Waals surface area contributed by atoms with E-state index in [0.717, 1.165) is 17.5 Å². The maximum absolute atomic E-state index is 10.4. The molecule has 0 radical (unpaired) electrons. The van der Waals surface area contributed by atoms with E-state index in [2.05, 4.69) is 26.0 Å². The summed E-state index contributed by atoms with van der Waals surface area (Å²) in [7, 11) is 0. The van der Waals surface area contributed by atoms with Crippen LogP contribution < -0.4 is 0 Å². The lowest BCUT2D eigenvalue weighted by molar-refractivity contribution is 0.220. The van der Waals surface area contributed by atoms with E-state index in [1.54, 1.807) is 6.07 Å². The standard InChI is InChI=1S/C17H19ClO/c1-12(2)9-13-5-3-6-14(10-13)17(19)15-7-4-8-16(18)11-15/h3-8,10-12,17,19H,9H2,1-2H3. The predicted octanol–water partition coefficient (Wildman–Crippen LogP) is 4.62. The molecule has 19 heavy (non-hydrogen) atoms. The summed E-state index contributed by atoms with van der Waals surface area (Å²) >= 11 is 5.97. The molecule has 2 rings (SSSR count). The first-order valence-corrected chi connectivity index (χ1v) is 6.96. The fourth-order valence-electron chi connectivity index (χ4n) is 2.23. The van der Waals surface area contributed by atoms with Gasteiger partial charge in [-0.2, -0.15) is 0 Å². The summed E-state index contributed by atoms with van der Waals surface area (Å²) < 4.78 is 0. The molecule has 2 heteroatoms.